The topological polar surface area (TPSA) is 105 Å². The van der Waals surface area contributed by atoms with Gasteiger partial charge in [-0.05, 0) is 25.0 Å². The van der Waals surface area contributed by atoms with Crippen molar-refractivity contribution in [1.82, 2.24) is 10.3 Å². The zero-order chi connectivity index (χ0) is 13.1. The summed E-state index contributed by atoms with van der Waals surface area (Å²) in [6.07, 6.45) is 3.52. The first-order valence-electron chi connectivity index (χ1n) is 5.83. The second kappa shape index (κ2) is 5.03. The van der Waals surface area contributed by atoms with Crippen LogP contribution in [0.5, 0.6) is 0 Å². The Morgan fingerprint density at radius 2 is 2.17 bits per heavy atom. The SMILES string of the molecule is Nc1ccc(C(=O)NC2CCCC2C(=O)O)nc1. The molecule has 0 aromatic carbocycles. The van der Waals surface area contributed by atoms with E-state index in [4.69, 9.17) is 10.8 Å². The lowest BCUT2D eigenvalue weighted by molar-refractivity contribution is -0.142. The van der Waals surface area contributed by atoms with Gasteiger partial charge in [0.2, 0.25) is 0 Å². The number of carboxylic acids is 1. The van der Waals surface area contributed by atoms with Crippen molar-refractivity contribution in [2.24, 2.45) is 5.92 Å². The summed E-state index contributed by atoms with van der Waals surface area (Å²) >= 11 is 0. The number of nitrogen functional groups attached to an aromatic ring is 1. The fourth-order valence-electron chi connectivity index (χ4n) is 2.21. The minimum absolute atomic E-state index is 0.250. The summed E-state index contributed by atoms with van der Waals surface area (Å²) in [4.78, 5) is 26.8. The number of carbonyl (C=O) groups is 2. The molecule has 1 amide bonds. The first kappa shape index (κ1) is 12.3. The molecule has 2 atom stereocenters. The number of aliphatic carboxylic acids is 1. The van der Waals surface area contributed by atoms with Crippen molar-refractivity contribution in [1.29, 1.82) is 0 Å². The maximum absolute atomic E-state index is 11.9. The van der Waals surface area contributed by atoms with E-state index in [0.717, 1.165) is 6.42 Å². The normalized spacial score (nSPS) is 22.7. The van der Waals surface area contributed by atoms with Gasteiger partial charge in [-0.3, -0.25) is 9.59 Å². The molecule has 2 rings (SSSR count). The van der Waals surface area contributed by atoms with E-state index in [1.807, 2.05) is 0 Å². The van der Waals surface area contributed by atoms with E-state index in [1.54, 1.807) is 6.07 Å². The number of carbonyl (C=O) groups excluding carboxylic acids is 1. The Labute approximate surface area is 104 Å². The standard InChI is InChI=1S/C12H15N3O3/c13-7-4-5-10(14-6-7)11(16)15-9-3-1-2-8(9)12(17)18/h4-6,8-9H,1-3,13H2,(H,15,16)(H,17,18). The van der Waals surface area contributed by atoms with Crippen LogP contribution in [0.3, 0.4) is 0 Å². The number of pyridine rings is 1. The van der Waals surface area contributed by atoms with Crippen LogP contribution in [0.25, 0.3) is 0 Å². The van der Waals surface area contributed by atoms with E-state index >= 15 is 0 Å². The third-order valence-corrected chi connectivity index (χ3v) is 3.17. The number of hydrogen-bond acceptors (Lipinski definition) is 4. The van der Waals surface area contributed by atoms with E-state index in [9.17, 15) is 9.59 Å². The van der Waals surface area contributed by atoms with Crippen LogP contribution < -0.4 is 11.1 Å². The van der Waals surface area contributed by atoms with Crippen molar-refractivity contribution in [3.63, 3.8) is 0 Å². The molecule has 1 saturated carbocycles. The Kier molecular flexibility index (Phi) is 3.45. The predicted molar refractivity (Wildman–Crippen MR) is 64.9 cm³/mol. The monoisotopic (exact) mass is 249 g/mol. The number of anilines is 1. The number of aromatic nitrogens is 1. The molecular formula is C12H15N3O3. The number of amides is 1. The molecule has 18 heavy (non-hydrogen) atoms. The van der Waals surface area contributed by atoms with E-state index in [1.165, 1.54) is 12.3 Å². The van der Waals surface area contributed by atoms with Crippen molar-refractivity contribution < 1.29 is 14.7 Å². The molecule has 1 aliphatic rings. The molecule has 1 heterocycles. The van der Waals surface area contributed by atoms with Gasteiger partial charge in [0.25, 0.3) is 5.91 Å². The first-order valence-corrected chi connectivity index (χ1v) is 5.83. The highest BCUT2D eigenvalue weighted by Gasteiger charge is 2.34. The van der Waals surface area contributed by atoms with Crippen LogP contribution >= 0.6 is 0 Å². The minimum atomic E-state index is -0.858. The van der Waals surface area contributed by atoms with E-state index in [2.05, 4.69) is 10.3 Å². The number of nitrogens with two attached hydrogens (primary N) is 1. The molecule has 1 aromatic heterocycles. The van der Waals surface area contributed by atoms with Crippen molar-refractivity contribution in [2.75, 3.05) is 5.73 Å². The van der Waals surface area contributed by atoms with Gasteiger partial charge in [-0.25, -0.2) is 4.98 Å². The summed E-state index contributed by atoms with van der Waals surface area (Å²) in [6.45, 7) is 0. The Balaban J connectivity index is 2.03. The van der Waals surface area contributed by atoms with Gasteiger partial charge in [-0.15, -0.1) is 0 Å². The highest BCUT2D eigenvalue weighted by Crippen LogP contribution is 2.26. The molecule has 2 unspecified atom stereocenters. The number of nitrogens with zero attached hydrogens (tertiary/aromatic N) is 1. The lowest BCUT2D eigenvalue weighted by Crippen LogP contribution is -2.40. The van der Waals surface area contributed by atoms with Gasteiger partial charge in [0, 0.05) is 6.04 Å². The summed E-state index contributed by atoms with van der Waals surface area (Å²) in [6, 6.07) is 2.80. The zero-order valence-corrected chi connectivity index (χ0v) is 9.80. The summed E-state index contributed by atoms with van der Waals surface area (Å²) in [5.41, 5.74) is 6.21. The van der Waals surface area contributed by atoms with Crippen LogP contribution in [-0.4, -0.2) is 28.0 Å². The highest BCUT2D eigenvalue weighted by atomic mass is 16.4. The van der Waals surface area contributed by atoms with Crippen LogP contribution in [0.15, 0.2) is 18.3 Å². The van der Waals surface area contributed by atoms with Gasteiger partial charge in [-0.1, -0.05) is 6.42 Å². The van der Waals surface area contributed by atoms with Crippen LogP contribution in [-0.2, 0) is 4.79 Å². The largest absolute Gasteiger partial charge is 0.481 e. The number of carboxylic acid groups (broad SMARTS) is 1. The van der Waals surface area contributed by atoms with Crippen molar-refractivity contribution in [3.8, 4) is 0 Å². The van der Waals surface area contributed by atoms with Crippen molar-refractivity contribution in [2.45, 2.75) is 25.3 Å². The Hall–Kier alpha value is -2.11. The first-order chi connectivity index (χ1) is 8.58. The lowest BCUT2D eigenvalue weighted by Gasteiger charge is -2.17. The van der Waals surface area contributed by atoms with Gasteiger partial charge in [0.05, 0.1) is 17.8 Å². The summed E-state index contributed by atoms with van der Waals surface area (Å²) < 4.78 is 0. The quantitative estimate of drug-likeness (QED) is 0.729. The fraction of sp³-hybridized carbons (Fsp3) is 0.417. The second-order valence-corrected chi connectivity index (χ2v) is 4.43. The molecule has 0 aliphatic heterocycles. The van der Waals surface area contributed by atoms with E-state index < -0.39 is 11.9 Å². The molecule has 6 nitrogen and oxygen atoms in total. The van der Waals surface area contributed by atoms with Gasteiger partial charge in [-0.2, -0.15) is 0 Å². The van der Waals surface area contributed by atoms with E-state index in [-0.39, 0.29) is 17.6 Å². The third-order valence-electron chi connectivity index (χ3n) is 3.17. The van der Waals surface area contributed by atoms with Gasteiger partial charge in [0.1, 0.15) is 5.69 Å². The minimum Gasteiger partial charge on any atom is -0.481 e. The van der Waals surface area contributed by atoms with Gasteiger partial charge < -0.3 is 16.2 Å². The van der Waals surface area contributed by atoms with Gasteiger partial charge >= 0.3 is 5.97 Å². The molecule has 1 aliphatic carbocycles. The van der Waals surface area contributed by atoms with Crippen molar-refractivity contribution >= 4 is 17.6 Å². The third kappa shape index (κ3) is 2.58. The van der Waals surface area contributed by atoms with Crippen molar-refractivity contribution in [3.05, 3.63) is 24.0 Å². The summed E-state index contributed by atoms with van der Waals surface area (Å²) in [5.74, 6) is -1.71. The van der Waals surface area contributed by atoms with Gasteiger partial charge in [0.15, 0.2) is 0 Å². The van der Waals surface area contributed by atoms with E-state index in [0.29, 0.717) is 18.5 Å². The average Bonchev–Trinajstić information content (AvgIpc) is 2.78. The molecule has 0 radical (unpaired) electrons. The molecule has 6 heteroatoms. The predicted octanol–water partition coefficient (Wildman–Crippen LogP) is 0.647. The number of rotatable bonds is 3. The molecule has 0 spiro atoms. The Morgan fingerprint density at radius 3 is 2.78 bits per heavy atom. The van der Waals surface area contributed by atoms with Crippen LogP contribution in [0.4, 0.5) is 5.69 Å². The van der Waals surface area contributed by atoms with Crippen LogP contribution in [0, 0.1) is 5.92 Å². The summed E-state index contributed by atoms with van der Waals surface area (Å²) in [7, 11) is 0. The smallest absolute Gasteiger partial charge is 0.308 e. The molecule has 96 valence electrons. The Bertz CT molecular complexity index is 458. The molecule has 0 saturated heterocycles. The highest BCUT2D eigenvalue weighted by molar-refractivity contribution is 5.93. The fourth-order valence-corrected chi connectivity index (χ4v) is 2.21. The Morgan fingerprint density at radius 1 is 1.39 bits per heavy atom. The molecule has 0 bridgehead atoms. The lowest BCUT2D eigenvalue weighted by atomic mass is 10.0. The van der Waals surface area contributed by atoms with Crippen LogP contribution in [0.1, 0.15) is 29.8 Å². The second-order valence-electron chi connectivity index (χ2n) is 4.43. The number of hydrogen-bond donors (Lipinski definition) is 3. The molecule has 4 N–H and O–H groups in total. The maximum Gasteiger partial charge on any atom is 0.308 e. The summed E-state index contributed by atoms with van der Waals surface area (Å²) in [5, 5.41) is 11.7. The maximum atomic E-state index is 11.9. The molecule has 1 fully saturated rings. The average molecular weight is 249 g/mol. The van der Waals surface area contributed by atoms with Crippen LogP contribution in [0.2, 0.25) is 0 Å². The zero-order valence-electron chi connectivity index (χ0n) is 9.80. The molecular weight excluding hydrogens is 234 g/mol. The molecule has 1 aromatic rings. The number of nitrogens with one attached hydrogen (secondary N) is 1.